The molecule has 6 heteroatoms. The van der Waals surface area contributed by atoms with Gasteiger partial charge < -0.3 is 9.55 Å². The predicted molar refractivity (Wildman–Crippen MR) is 250 cm³/mol. The molecule has 0 aliphatic rings. The van der Waals surface area contributed by atoms with E-state index in [1.807, 2.05) is 30.3 Å². The van der Waals surface area contributed by atoms with Gasteiger partial charge in [0.2, 0.25) is 0 Å². The SMILES string of the molecule is CC(C)c1cc(-c2ccc(-c3ccccc3)cc2)cc(C(C)C)c1-n1c(-c2[c-]ccc3ccccc23)nc2ccc(C(F)F)cc21.[2H]C([2H])([2H])c1c[c-]c(-c2cc(C([2H])([2H])[2H])c(C([2H])([2H])[2H])cn2)cc1.[Ir]. The van der Waals surface area contributed by atoms with Crippen LogP contribution in [0.25, 0.3) is 72.4 Å². The molecule has 9 rings (SSSR count). The first-order valence-electron chi connectivity index (χ1n) is 24.7. The van der Waals surface area contributed by atoms with Crippen molar-refractivity contribution in [2.75, 3.05) is 0 Å². The van der Waals surface area contributed by atoms with Crippen LogP contribution in [-0.2, 0) is 20.1 Å². The van der Waals surface area contributed by atoms with Crippen molar-refractivity contribution in [1.29, 1.82) is 0 Å². The van der Waals surface area contributed by atoms with Crippen molar-refractivity contribution in [3.63, 3.8) is 0 Å². The Hall–Kier alpha value is -6.07. The van der Waals surface area contributed by atoms with Crippen molar-refractivity contribution >= 4 is 21.8 Å². The van der Waals surface area contributed by atoms with E-state index in [4.69, 9.17) is 17.3 Å². The number of nitrogens with zero attached hydrogens (tertiary/aromatic N) is 3. The average Bonchev–Trinajstić information content (AvgIpc) is 3.71. The quantitative estimate of drug-likeness (QED) is 0.142. The van der Waals surface area contributed by atoms with Gasteiger partial charge in [-0.15, -0.1) is 64.5 Å². The van der Waals surface area contributed by atoms with Crippen molar-refractivity contribution in [3.05, 3.63) is 197 Å². The normalized spacial score (nSPS) is 14.0. The summed E-state index contributed by atoms with van der Waals surface area (Å²) in [4.78, 5) is 9.12. The topological polar surface area (TPSA) is 30.7 Å². The number of rotatable bonds is 8. The minimum absolute atomic E-state index is 0. The van der Waals surface area contributed by atoms with Crippen LogP contribution in [0.3, 0.4) is 0 Å². The second kappa shape index (κ2) is 18.9. The largest absolute Gasteiger partial charge is 0.333 e. The van der Waals surface area contributed by atoms with E-state index in [9.17, 15) is 8.78 Å². The fourth-order valence-electron chi connectivity index (χ4n) is 7.63. The third-order valence-electron chi connectivity index (χ3n) is 10.8. The smallest absolute Gasteiger partial charge is 0.263 e. The summed E-state index contributed by atoms with van der Waals surface area (Å²) in [5.74, 6) is 0.995. The first-order valence-corrected chi connectivity index (χ1v) is 20.2. The molecule has 0 saturated carbocycles. The van der Waals surface area contributed by atoms with E-state index in [1.54, 1.807) is 12.1 Å². The van der Waals surface area contributed by atoms with Crippen molar-refractivity contribution in [2.24, 2.45) is 0 Å². The number of alkyl halides is 2. The molecule has 9 aromatic rings. The molecule has 0 atom stereocenters. The maximum atomic E-state index is 14.1. The number of hydrogen-bond acceptors (Lipinski definition) is 2. The number of hydrogen-bond donors (Lipinski definition) is 0. The molecule has 3 nitrogen and oxygen atoms in total. The third kappa shape index (κ3) is 9.09. The Morgan fingerprint density at radius 2 is 1.32 bits per heavy atom. The van der Waals surface area contributed by atoms with E-state index in [1.165, 1.54) is 41.5 Å². The average molecular weight is 1000 g/mol. The number of fused-ring (bicyclic) bond motifs is 2. The van der Waals surface area contributed by atoms with Crippen LogP contribution in [0.5, 0.6) is 0 Å². The summed E-state index contributed by atoms with van der Waals surface area (Å²) >= 11 is 0. The monoisotopic (exact) mass is 1000 g/mol. The molecule has 0 unspecified atom stereocenters. The van der Waals surface area contributed by atoms with Crippen molar-refractivity contribution < 1.29 is 41.2 Å². The Bertz CT molecular complexity index is 3270. The Morgan fingerprint density at radius 1 is 0.645 bits per heavy atom. The number of halogens is 2. The van der Waals surface area contributed by atoms with Gasteiger partial charge in [0.1, 0.15) is 0 Å². The molecular formula is C56H49F2IrN3-2. The van der Waals surface area contributed by atoms with E-state index >= 15 is 0 Å². The van der Waals surface area contributed by atoms with Crippen LogP contribution in [0.4, 0.5) is 8.78 Å². The molecule has 0 bridgehead atoms. The van der Waals surface area contributed by atoms with Crippen molar-refractivity contribution in [3.8, 4) is 50.6 Å². The summed E-state index contributed by atoms with van der Waals surface area (Å²) in [5.41, 5.74) is 10.1. The van der Waals surface area contributed by atoms with E-state index in [0.717, 1.165) is 50.5 Å². The zero-order chi connectivity index (χ0) is 50.3. The van der Waals surface area contributed by atoms with Crippen LogP contribution < -0.4 is 0 Å². The molecule has 0 aliphatic carbocycles. The number of aryl methyl sites for hydroxylation is 3. The number of benzene rings is 7. The Kier molecular flexibility index (Phi) is 10.2. The second-order valence-corrected chi connectivity index (χ2v) is 15.6. The van der Waals surface area contributed by atoms with E-state index in [-0.39, 0.29) is 59.9 Å². The Labute approximate surface area is 390 Å². The first kappa shape index (κ1) is 33.5. The van der Waals surface area contributed by atoms with Gasteiger partial charge in [-0.1, -0.05) is 136 Å². The summed E-state index contributed by atoms with van der Waals surface area (Å²) < 4.78 is 97.3. The van der Waals surface area contributed by atoms with Crippen molar-refractivity contribution in [1.82, 2.24) is 14.5 Å². The molecule has 0 amide bonds. The summed E-state index contributed by atoms with van der Waals surface area (Å²) in [6, 6.07) is 52.1. The summed E-state index contributed by atoms with van der Waals surface area (Å²) in [5, 5.41) is 2.09. The number of pyridine rings is 1. The van der Waals surface area contributed by atoms with Gasteiger partial charge in [0.25, 0.3) is 6.43 Å². The predicted octanol–water partition coefficient (Wildman–Crippen LogP) is 15.6. The first-order chi connectivity index (χ1) is 33.1. The van der Waals surface area contributed by atoms with Crippen LogP contribution in [0.15, 0.2) is 152 Å². The van der Waals surface area contributed by atoms with Crippen molar-refractivity contribution in [2.45, 2.75) is 66.5 Å². The van der Waals surface area contributed by atoms with E-state index < -0.39 is 27.0 Å². The van der Waals surface area contributed by atoms with Gasteiger partial charge in [0.05, 0.1) is 16.9 Å². The summed E-state index contributed by atoms with van der Waals surface area (Å²) in [7, 11) is 0. The Morgan fingerprint density at radius 3 is 1.97 bits per heavy atom. The standard InChI is InChI=1S/C42H35F2N2.C14H14N.Ir/c1-26(2)36-23-33(30-19-17-29(18-20-30)28-11-6-5-7-12-28)24-37(27(3)4)40(36)46-39-25-32(41(43)44)21-22-38(39)45-42(46)35-16-10-14-31-13-8-9-15-34(31)35;1-10-4-6-13(7-5-10)14-8-11(2)12(3)9-15-14;/h5-15,17-27,41H,1-4H3;4-6,8-9H,1-3H3;/q2*-1;/i;1D3,2D3,3D3;. The van der Waals surface area contributed by atoms with Crippen LogP contribution in [0.1, 0.15) is 91.7 Å². The van der Waals surface area contributed by atoms with Crippen LogP contribution in [-0.4, -0.2) is 14.5 Å². The molecule has 0 aliphatic heterocycles. The van der Waals surface area contributed by atoms with Gasteiger partial charge in [0, 0.05) is 49.9 Å². The van der Waals surface area contributed by atoms with Gasteiger partial charge in [0.15, 0.2) is 0 Å². The third-order valence-corrected chi connectivity index (χ3v) is 10.8. The molecule has 313 valence electrons. The maximum Gasteiger partial charge on any atom is 0.263 e. The Balaban J connectivity index is 0.000000251. The van der Waals surface area contributed by atoms with Crippen LogP contribution >= 0.6 is 0 Å². The van der Waals surface area contributed by atoms with Gasteiger partial charge in [-0.25, -0.2) is 8.78 Å². The molecule has 2 aromatic heterocycles. The van der Waals surface area contributed by atoms with Gasteiger partial charge >= 0.3 is 0 Å². The number of aromatic nitrogens is 3. The molecule has 0 spiro atoms. The fraction of sp³-hybridized carbons (Fsp3) is 0.179. The summed E-state index contributed by atoms with van der Waals surface area (Å²) in [6.45, 7) is 1.30. The molecule has 62 heavy (non-hydrogen) atoms. The molecule has 0 N–H and O–H groups in total. The fourth-order valence-corrected chi connectivity index (χ4v) is 7.63. The molecule has 7 aromatic carbocycles. The molecule has 0 fully saturated rings. The minimum Gasteiger partial charge on any atom is -0.333 e. The van der Waals surface area contributed by atoms with E-state index in [2.05, 4.69) is 122 Å². The van der Waals surface area contributed by atoms with Gasteiger partial charge in [-0.2, -0.15) is 0 Å². The van der Waals surface area contributed by atoms with Gasteiger partial charge in [-0.05, 0) is 94.4 Å². The summed E-state index contributed by atoms with van der Waals surface area (Å²) in [6.07, 6.45) is -1.56. The zero-order valence-corrected chi connectivity index (χ0v) is 37.0. The second-order valence-electron chi connectivity index (χ2n) is 15.6. The minimum atomic E-state index is -2.61. The van der Waals surface area contributed by atoms with E-state index in [0.29, 0.717) is 22.4 Å². The molecule has 2 heterocycles. The number of imidazole rings is 1. The maximum absolute atomic E-state index is 14.1. The molecular weight excluding hydrogens is 945 g/mol. The molecule has 1 radical (unpaired) electrons. The van der Waals surface area contributed by atoms with Gasteiger partial charge in [-0.3, -0.25) is 4.98 Å². The zero-order valence-electron chi connectivity index (χ0n) is 43.6. The van der Waals surface area contributed by atoms with Crippen LogP contribution in [0.2, 0.25) is 0 Å². The molecule has 0 saturated heterocycles. The van der Waals surface area contributed by atoms with Crippen LogP contribution in [0, 0.1) is 32.7 Å².